The lowest BCUT2D eigenvalue weighted by atomic mass is 9.90. The molecule has 0 amide bonds. The zero-order valence-electron chi connectivity index (χ0n) is 12.7. The minimum absolute atomic E-state index is 0.0487. The minimum atomic E-state index is 0.0487. The SMILES string of the molecule is CC1Cc2ccccc2N(C(c2cccnc2)C(C)N)C1. The normalized spacial score (nSPS) is 20.7. The standard InChI is InChI=1S/C18H23N3/c1-13-10-15-6-3-4-8-17(15)21(12-13)18(14(2)19)16-7-5-9-20-11-16/h3-9,11,13-14,18H,10,12,19H2,1-2H3. The van der Waals surface area contributed by atoms with Gasteiger partial charge in [0.1, 0.15) is 0 Å². The number of rotatable bonds is 3. The third kappa shape index (κ3) is 2.79. The molecule has 3 unspecified atom stereocenters. The van der Waals surface area contributed by atoms with Gasteiger partial charge < -0.3 is 10.6 Å². The first-order valence-electron chi connectivity index (χ1n) is 7.67. The molecule has 0 radical (unpaired) electrons. The van der Waals surface area contributed by atoms with E-state index in [0.29, 0.717) is 5.92 Å². The average molecular weight is 281 g/mol. The summed E-state index contributed by atoms with van der Waals surface area (Å²) in [4.78, 5) is 6.74. The number of anilines is 1. The second-order valence-corrected chi connectivity index (χ2v) is 6.18. The van der Waals surface area contributed by atoms with Crippen molar-refractivity contribution in [3.05, 3.63) is 59.9 Å². The fraction of sp³-hybridized carbons (Fsp3) is 0.389. The molecule has 1 aliphatic heterocycles. The molecular weight excluding hydrogens is 258 g/mol. The predicted octanol–water partition coefficient (Wildman–Crippen LogP) is 3.17. The highest BCUT2D eigenvalue weighted by Crippen LogP contribution is 2.36. The molecule has 3 atom stereocenters. The number of nitrogens with two attached hydrogens (primary N) is 1. The van der Waals surface area contributed by atoms with Gasteiger partial charge in [-0.05, 0) is 42.5 Å². The first-order chi connectivity index (χ1) is 10.2. The molecule has 21 heavy (non-hydrogen) atoms. The highest BCUT2D eigenvalue weighted by molar-refractivity contribution is 5.57. The Morgan fingerprint density at radius 1 is 1.24 bits per heavy atom. The number of benzene rings is 1. The number of fused-ring (bicyclic) bond motifs is 1. The van der Waals surface area contributed by atoms with E-state index in [1.54, 1.807) is 0 Å². The van der Waals surface area contributed by atoms with Gasteiger partial charge in [0.25, 0.3) is 0 Å². The molecule has 1 aromatic carbocycles. The third-order valence-corrected chi connectivity index (χ3v) is 4.24. The Balaban J connectivity index is 2.04. The summed E-state index contributed by atoms with van der Waals surface area (Å²) >= 11 is 0. The molecule has 0 fully saturated rings. The van der Waals surface area contributed by atoms with Gasteiger partial charge in [-0.25, -0.2) is 0 Å². The smallest absolute Gasteiger partial charge is 0.0705 e. The Morgan fingerprint density at radius 2 is 2.05 bits per heavy atom. The van der Waals surface area contributed by atoms with Crippen LogP contribution in [0, 0.1) is 5.92 Å². The van der Waals surface area contributed by atoms with Crippen molar-refractivity contribution in [3.8, 4) is 0 Å². The number of aromatic nitrogens is 1. The number of para-hydroxylation sites is 1. The number of pyridine rings is 1. The maximum atomic E-state index is 6.33. The fourth-order valence-electron chi connectivity index (χ4n) is 3.42. The predicted molar refractivity (Wildman–Crippen MR) is 87.3 cm³/mol. The molecule has 0 saturated carbocycles. The topological polar surface area (TPSA) is 42.2 Å². The van der Waals surface area contributed by atoms with Crippen LogP contribution in [-0.2, 0) is 6.42 Å². The largest absolute Gasteiger partial charge is 0.362 e. The van der Waals surface area contributed by atoms with Gasteiger partial charge in [-0.3, -0.25) is 4.98 Å². The van der Waals surface area contributed by atoms with Gasteiger partial charge in [-0.2, -0.15) is 0 Å². The summed E-state index contributed by atoms with van der Waals surface area (Å²) in [5, 5.41) is 0. The molecule has 1 aromatic heterocycles. The average Bonchev–Trinajstić information content (AvgIpc) is 2.48. The summed E-state index contributed by atoms with van der Waals surface area (Å²) in [6, 6.07) is 13.0. The molecule has 2 N–H and O–H groups in total. The van der Waals surface area contributed by atoms with Gasteiger partial charge in [0.15, 0.2) is 0 Å². The van der Waals surface area contributed by atoms with Gasteiger partial charge in [0.05, 0.1) is 6.04 Å². The first kappa shape index (κ1) is 14.1. The van der Waals surface area contributed by atoms with E-state index in [1.807, 2.05) is 18.5 Å². The van der Waals surface area contributed by atoms with Gasteiger partial charge in [-0.15, -0.1) is 0 Å². The molecule has 3 rings (SSSR count). The zero-order chi connectivity index (χ0) is 14.8. The van der Waals surface area contributed by atoms with Gasteiger partial charge >= 0.3 is 0 Å². The molecule has 3 nitrogen and oxygen atoms in total. The summed E-state index contributed by atoms with van der Waals surface area (Å²) in [7, 11) is 0. The van der Waals surface area contributed by atoms with Crippen molar-refractivity contribution in [2.45, 2.75) is 32.4 Å². The summed E-state index contributed by atoms with van der Waals surface area (Å²) in [6.07, 6.45) is 4.90. The van der Waals surface area contributed by atoms with Crippen molar-refractivity contribution in [2.75, 3.05) is 11.4 Å². The zero-order valence-corrected chi connectivity index (χ0v) is 12.7. The molecular formula is C18H23N3. The molecule has 1 aliphatic rings. The van der Waals surface area contributed by atoms with E-state index in [2.05, 4.69) is 54.1 Å². The maximum Gasteiger partial charge on any atom is 0.0705 e. The fourth-order valence-corrected chi connectivity index (χ4v) is 3.42. The Morgan fingerprint density at radius 3 is 2.76 bits per heavy atom. The summed E-state index contributed by atoms with van der Waals surface area (Å²) in [5.74, 6) is 0.637. The van der Waals surface area contributed by atoms with Crippen LogP contribution in [0.25, 0.3) is 0 Å². The Kier molecular flexibility index (Phi) is 3.93. The highest BCUT2D eigenvalue weighted by Gasteiger charge is 2.30. The molecule has 0 aliphatic carbocycles. The van der Waals surface area contributed by atoms with Gasteiger partial charge in [0, 0.05) is 30.7 Å². The quantitative estimate of drug-likeness (QED) is 0.939. The van der Waals surface area contributed by atoms with Crippen LogP contribution in [0.3, 0.4) is 0 Å². The van der Waals surface area contributed by atoms with Crippen LogP contribution in [0.15, 0.2) is 48.8 Å². The van der Waals surface area contributed by atoms with Crippen molar-refractivity contribution < 1.29 is 0 Å². The highest BCUT2D eigenvalue weighted by atomic mass is 15.2. The molecule has 3 heteroatoms. The van der Waals surface area contributed by atoms with E-state index in [4.69, 9.17) is 5.73 Å². The molecule has 2 aromatic rings. The molecule has 0 spiro atoms. The number of hydrogen-bond acceptors (Lipinski definition) is 3. The Hall–Kier alpha value is -1.87. The molecule has 0 saturated heterocycles. The van der Waals surface area contributed by atoms with Crippen LogP contribution < -0.4 is 10.6 Å². The van der Waals surface area contributed by atoms with Crippen molar-refractivity contribution in [3.63, 3.8) is 0 Å². The van der Waals surface area contributed by atoms with Crippen molar-refractivity contribution in [2.24, 2.45) is 11.7 Å². The summed E-state index contributed by atoms with van der Waals surface area (Å²) in [6.45, 7) is 5.43. The van der Waals surface area contributed by atoms with Crippen LogP contribution in [0.2, 0.25) is 0 Å². The van der Waals surface area contributed by atoms with Crippen molar-refractivity contribution in [1.82, 2.24) is 4.98 Å². The van der Waals surface area contributed by atoms with Crippen LogP contribution in [-0.4, -0.2) is 17.6 Å². The summed E-state index contributed by atoms with van der Waals surface area (Å²) < 4.78 is 0. The minimum Gasteiger partial charge on any atom is -0.362 e. The lowest BCUT2D eigenvalue weighted by molar-refractivity contribution is 0.453. The van der Waals surface area contributed by atoms with E-state index < -0.39 is 0 Å². The number of hydrogen-bond donors (Lipinski definition) is 1. The van der Waals surface area contributed by atoms with Crippen LogP contribution in [0.5, 0.6) is 0 Å². The molecule has 110 valence electrons. The monoisotopic (exact) mass is 281 g/mol. The van der Waals surface area contributed by atoms with Gasteiger partial charge in [-0.1, -0.05) is 31.2 Å². The van der Waals surface area contributed by atoms with Crippen LogP contribution in [0.4, 0.5) is 5.69 Å². The van der Waals surface area contributed by atoms with Crippen LogP contribution >= 0.6 is 0 Å². The lowest BCUT2D eigenvalue weighted by Gasteiger charge is -2.42. The summed E-state index contributed by atoms with van der Waals surface area (Å²) in [5.41, 5.74) is 10.3. The Labute approximate surface area is 126 Å². The van der Waals surface area contributed by atoms with E-state index in [9.17, 15) is 0 Å². The van der Waals surface area contributed by atoms with Crippen molar-refractivity contribution >= 4 is 5.69 Å². The maximum absolute atomic E-state index is 6.33. The molecule has 2 heterocycles. The second kappa shape index (κ2) is 5.86. The second-order valence-electron chi connectivity index (χ2n) is 6.18. The Bertz CT molecular complexity index is 594. The van der Waals surface area contributed by atoms with E-state index in [1.165, 1.54) is 16.8 Å². The number of nitrogens with zero attached hydrogens (tertiary/aromatic N) is 2. The van der Waals surface area contributed by atoms with E-state index >= 15 is 0 Å². The van der Waals surface area contributed by atoms with Crippen molar-refractivity contribution in [1.29, 1.82) is 0 Å². The lowest BCUT2D eigenvalue weighted by Crippen LogP contribution is -2.44. The molecule has 0 bridgehead atoms. The third-order valence-electron chi connectivity index (χ3n) is 4.24. The first-order valence-corrected chi connectivity index (χ1v) is 7.67. The van der Waals surface area contributed by atoms with E-state index in [-0.39, 0.29) is 12.1 Å². The van der Waals surface area contributed by atoms with Crippen LogP contribution in [0.1, 0.15) is 31.0 Å². The van der Waals surface area contributed by atoms with Gasteiger partial charge in [0.2, 0.25) is 0 Å². The van der Waals surface area contributed by atoms with E-state index in [0.717, 1.165) is 13.0 Å².